The Morgan fingerprint density at radius 1 is 1.04 bits per heavy atom. The molecule has 0 bridgehead atoms. The Hall–Kier alpha value is -1.02. The maximum atomic E-state index is 6.36. The molecule has 3 atom stereocenters. The summed E-state index contributed by atoms with van der Waals surface area (Å²) in [5.74, 6) is 1.58. The number of ether oxygens (including phenoxy) is 1. The molecule has 0 aromatic heterocycles. The number of fused-ring (bicyclic) bond motifs is 3. The molecule has 1 aromatic carbocycles. The number of nitrogens with zero attached hydrogens (tertiary/aromatic N) is 1. The fraction of sp³-hybridized carbons (Fsp3) is 0.727. The number of rotatable bonds is 4. The van der Waals surface area contributed by atoms with E-state index in [1.165, 1.54) is 75.6 Å². The van der Waals surface area contributed by atoms with Crippen LogP contribution in [0, 0.1) is 11.8 Å². The fourth-order valence-electron chi connectivity index (χ4n) is 5.53. The Morgan fingerprint density at radius 3 is 2.71 bits per heavy atom. The lowest BCUT2D eigenvalue weighted by Gasteiger charge is -2.52. The van der Waals surface area contributed by atoms with Gasteiger partial charge in [-0.1, -0.05) is 50.8 Å². The van der Waals surface area contributed by atoms with Crippen LogP contribution in [0.5, 0.6) is 0 Å². The lowest BCUT2D eigenvalue weighted by atomic mass is 9.70. The summed E-state index contributed by atoms with van der Waals surface area (Å²) in [5, 5.41) is 0. The third kappa shape index (κ3) is 2.98. The molecule has 0 radical (unpaired) electrons. The second kappa shape index (κ2) is 7.47. The van der Waals surface area contributed by atoms with Crippen LogP contribution in [-0.2, 0) is 4.74 Å². The van der Waals surface area contributed by atoms with Gasteiger partial charge in [-0.25, -0.2) is 0 Å². The van der Waals surface area contributed by atoms with E-state index in [0.717, 1.165) is 12.5 Å². The van der Waals surface area contributed by atoms with Gasteiger partial charge in [-0.05, 0) is 44.1 Å². The monoisotopic (exact) mass is 327 g/mol. The highest BCUT2D eigenvalue weighted by molar-refractivity contribution is 5.58. The number of benzene rings is 1. The molecule has 2 fully saturated rings. The summed E-state index contributed by atoms with van der Waals surface area (Å²) in [7, 11) is 0. The van der Waals surface area contributed by atoms with Crippen molar-refractivity contribution in [2.75, 3.05) is 18.1 Å². The molecule has 4 rings (SSSR count). The van der Waals surface area contributed by atoms with Gasteiger partial charge in [0.1, 0.15) is 0 Å². The molecule has 2 nitrogen and oxygen atoms in total. The van der Waals surface area contributed by atoms with Crippen molar-refractivity contribution in [3.63, 3.8) is 0 Å². The zero-order valence-corrected chi connectivity index (χ0v) is 15.3. The summed E-state index contributed by atoms with van der Waals surface area (Å²) in [6.45, 7) is 4.48. The number of para-hydroxylation sites is 1. The van der Waals surface area contributed by atoms with Crippen molar-refractivity contribution in [1.82, 2.24) is 0 Å². The molecule has 0 N–H and O–H groups in total. The Labute approximate surface area is 147 Å². The van der Waals surface area contributed by atoms with Crippen LogP contribution in [0.2, 0.25) is 0 Å². The van der Waals surface area contributed by atoms with Crippen LogP contribution in [0.1, 0.15) is 76.4 Å². The quantitative estimate of drug-likeness (QED) is 0.701. The van der Waals surface area contributed by atoms with E-state index in [9.17, 15) is 0 Å². The summed E-state index contributed by atoms with van der Waals surface area (Å²) < 4.78 is 6.36. The average Bonchev–Trinajstić information content (AvgIpc) is 2.66. The molecule has 1 saturated carbocycles. The minimum Gasteiger partial charge on any atom is -0.373 e. The molecule has 2 aliphatic heterocycles. The fourth-order valence-corrected chi connectivity index (χ4v) is 5.53. The number of anilines is 1. The smallest absolute Gasteiger partial charge is 0.0892 e. The molecular formula is C22H33NO. The molecule has 132 valence electrons. The Morgan fingerprint density at radius 2 is 1.88 bits per heavy atom. The van der Waals surface area contributed by atoms with Gasteiger partial charge in [0.15, 0.2) is 0 Å². The minimum atomic E-state index is 0.347. The van der Waals surface area contributed by atoms with E-state index in [-0.39, 0.29) is 0 Å². The number of unbranched alkanes of at least 4 members (excludes halogenated alkanes) is 1. The van der Waals surface area contributed by atoms with Crippen LogP contribution in [0.3, 0.4) is 0 Å². The van der Waals surface area contributed by atoms with Gasteiger partial charge < -0.3 is 9.64 Å². The first kappa shape index (κ1) is 16.4. The van der Waals surface area contributed by atoms with Gasteiger partial charge in [-0.2, -0.15) is 0 Å². The van der Waals surface area contributed by atoms with Crippen molar-refractivity contribution in [1.29, 1.82) is 0 Å². The second-order valence-electron chi connectivity index (χ2n) is 8.09. The number of hydrogen-bond donors (Lipinski definition) is 0. The average molecular weight is 328 g/mol. The van der Waals surface area contributed by atoms with Crippen molar-refractivity contribution < 1.29 is 4.74 Å². The normalized spacial score (nSPS) is 30.7. The molecule has 24 heavy (non-hydrogen) atoms. The van der Waals surface area contributed by atoms with E-state index in [2.05, 4.69) is 36.1 Å². The first-order chi connectivity index (χ1) is 11.9. The minimum absolute atomic E-state index is 0.347. The highest BCUT2D eigenvalue weighted by atomic mass is 16.5. The molecule has 0 amide bonds. The highest BCUT2D eigenvalue weighted by Crippen LogP contribution is 2.50. The van der Waals surface area contributed by atoms with Gasteiger partial charge in [0.2, 0.25) is 0 Å². The van der Waals surface area contributed by atoms with Crippen LogP contribution < -0.4 is 4.90 Å². The molecule has 3 unspecified atom stereocenters. The predicted octanol–water partition coefficient (Wildman–Crippen LogP) is 5.72. The Balaban J connectivity index is 1.72. The third-order valence-electron chi connectivity index (χ3n) is 6.60. The van der Waals surface area contributed by atoms with E-state index in [4.69, 9.17) is 4.74 Å². The van der Waals surface area contributed by atoms with Crippen molar-refractivity contribution in [2.24, 2.45) is 11.8 Å². The Bertz CT molecular complexity index is 537. The van der Waals surface area contributed by atoms with E-state index in [1.54, 1.807) is 0 Å². The van der Waals surface area contributed by atoms with Crippen LogP contribution in [0.25, 0.3) is 0 Å². The molecular weight excluding hydrogens is 294 g/mol. The zero-order chi connectivity index (χ0) is 16.4. The van der Waals surface area contributed by atoms with E-state index in [0.29, 0.717) is 18.1 Å². The van der Waals surface area contributed by atoms with Crippen LogP contribution in [0.15, 0.2) is 24.3 Å². The summed E-state index contributed by atoms with van der Waals surface area (Å²) in [6.07, 6.45) is 12.7. The van der Waals surface area contributed by atoms with Crippen molar-refractivity contribution in [3.8, 4) is 0 Å². The van der Waals surface area contributed by atoms with Crippen LogP contribution >= 0.6 is 0 Å². The lowest BCUT2D eigenvalue weighted by molar-refractivity contribution is -0.0514. The van der Waals surface area contributed by atoms with Crippen molar-refractivity contribution in [2.45, 2.75) is 76.9 Å². The van der Waals surface area contributed by atoms with Gasteiger partial charge in [-0.3, -0.25) is 0 Å². The molecule has 1 saturated heterocycles. The topological polar surface area (TPSA) is 12.5 Å². The molecule has 1 aliphatic carbocycles. The first-order valence-corrected chi connectivity index (χ1v) is 10.4. The predicted molar refractivity (Wildman–Crippen MR) is 100 cm³/mol. The van der Waals surface area contributed by atoms with Gasteiger partial charge >= 0.3 is 0 Å². The summed E-state index contributed by atoms with van der Waals surface area (Å²) >= 11 is 0. The largest absolute Gasteiger partial charge is 0.373 e. The Kier molecular flexibility index (Phi) is 5.12. The van der Waals surface area contributed by atoms with Gasteiger partial charge in [0, 0.05) is 36.4 Å². The third-order valence-corrected chi connectivity index (χ3v) is 6.60. The summed E-state index contributed by atoms with van der Waals surface area (Å²) in [5.41, 5.74) is 2.94. The standard InChI is InChI=1S/C22H33NO/c1-2-3-15-23-20-14-8-7-12-18(20)22-19(13-9-16-24-22)21(23)17-10-5-4-6-11-17/h7-8,12,14,17,19,21-22H,2-6,9-11,13,15-16H2,1H3. The molecule has 0 spiro atoms. The molecule has 1 aromatic rings. The van der Waals surface area contributed by atoms with E-state index >= 15 is 0 Å². The van der Waals surface area contributed by atoms with Crippen molar-refractivity contribution in [3.05, 3.63) is 29.8 Å². The van der Waals surface area contributed by atoms with E-state index in [1.807, 2.05) is 0 Å². The maximum Gasteiger partial charge on any atom is 0.0892 e. The SMILES string of the molecule is CCCCN1c2ccccc2C2OCCCC2C1C1CCCCC1. The van der Waals surface area contributed by atoms with Gasteiger partial charge in [0.05, 0.1) is 6.10 Å². The highest BCUT2D eigenvalue weighted by Gasteiger charge is 2.45. The maximum absolute atomic E-state index is 6.36. The van der Waals surface area contributed by atoms with Crippen LogP contribution in [-0.4, -0.2) is 19.2 Å². The molecule has 3 aliphatic rings. The van der Waals surface area contributed by atoms with E-state index < -0.39 is 0 Å². The lowest BCUT2D eigenvalue weighted by Crippen LogP contribution is -2.53. The zero-order valence-electron chi connectivity index (χ0n) is 15.3. The summed E-state index contributed by atoms with van der Waals surface area (Å²) in [6, 6.07) is 9.81. The number of hydrogen-bond acceptors (Lipinski definition) is 2. The molecule has 2 heteroatoms. The van der Waals surface area contributed by atoms with Gasteiger partial charge in [0.25, 0.3) is 0 Å². The second-order valence-corrected chi connectivity index (χ2v) is 8.09. The van der Waals surface area contributed by atoms with Crippen LogP contribution in [0.4, 0.5) is 5.69 Å². The first-order valence-electron chi connectivity index (χ1n) is 10.4. The van der Waals surface area contributed by atoms with Gasteiger partial charge in [-0.15, -0.1) is 0 Å². The van der Waals surface area contributed by atoms with Crippen molar-refractivity contribution >= 4 is 5.69 Å². The summed E-state index contributed by atoms with van der Waals surface area (Å²) in [4.78, 5) is 2.81. The molecule has 2 heterocycles.